The number of carbonyl (C=O) groups is 1. The number of hydrogen-bond acceptors (Lipinski definition) is 8. The average molecular weight is 372 g/mol. The molecule has 0 aromatic carbocycles. The SMILES string of the molecule is CC1C=CCC2C(O)CCC2CC(=O)OCC2OC(O1)C(O)C(O)C2O. The number of hydrogen-bond donors (Lipinski definition) is 4. The molecule has 26 heavy (non-hydrogen) atoms. The highest BCUT2D eigenvalue weighted by atomic mass is 16.7. The Morgan fingerprint density at radius 3 is 2.58 bits per heavy atom. The van der Waals surface area contributed by atoms with Crippen molar-refractivity contribution in [2.24, 2.45) is 11.8 Å². The summed E-state index contributed by atoms with van der Waals surface area (Å²) in [6, 6.07) is 0. The molecule has 2 aliphatic heterocycles. The summed E-state index contributed by atoms with van der Waals surface area (Å²) in [6.45, 7) is 1.53. The summed E-state index contributed by atoms with van der Waals surface area (Å²) in [7, 11) is 0. The van der Waals surface area contributed by atoms with Gasteiger partial charge in [0.2, 0.25) is 0 Å². The van der Waals surface area contributed by atoms with Crippen molar-refractivity contribution in [2.45, 2.75) is 75.5 Å². The van der Waals surface area contributed by atoms with Crippen LogP contribution in [0.25, 0.3) is 0 Å². The number of esters is 1. The first kappa shape index (κ1) is 19.7. The van der Waals surface area contributed by atoms with Crippen LogP contribution in [0, 0.1) is 11.8 Å². The Bertz CT molecular complexity index is 523. The molecule has 0 radical (unpaired) electrons. The van der Waals surface area contributed by atoms with Gasteiger partial charge in [-0.2, -0.15) is 0 Å². The molecule has 9 unspecified atom stereocenters. The van der Waals surface area contributed by atoms with Crippen LogP contribution in [0.4, 0.5) is 0 Å². The molecule has 2 fully saturated rings. The van der Waals surface area contributed by atoms with Crippen LogP contribution in [0.1, 0.15) is 32.6 Å². The molecule has 8 heteroatoms. The van der Waals surface area contributed by atoms with E-state index in [4.69, 9.17) is 14.2 Å². The van der Waals surface area contributed by atoms with E-state index in [-0.39, 0.29) is 24.9 Å². The molecule has 3 rings (SSSR count). The number of allylic oxidation sites excluding steroid dienone is 1. The molecule has 148 valence electrons. The second-order valence-electron chi connectivity index (χ2n) is 7.48. The van der Waals surface area contributed by atoms with Gasteiger partial charge in [0.15, 0.2) is 6.29 Å². The van der Waals surface area contributed by atoms with Crippen LogP contribution in [-0.2, 0) is 19.0 Å². The molecular formula is C18H28O8. The fourth-order valence-corrected chi connectivity index (χ4v) is 4.03. The van der Waals surface area contributed by atoms with E-state index in [9.17, 15) is 25.2 Å². The first-order valence-electron chi connectivity index (χ1n) is 9.22. The third-order valence-corrected chi connectivity index (χ3v) is 5.60. The largest absolute Gasteiger partial charge is 0.463 e. The number of aliphatic hydroxyl groups excluding tert-OH is 4. The van der Waals surface area contributed by atoms with Crippen molar-refractivity contribution < 1.29 is 39.4 Å². The Kier molecular flexibility index (Phi) is 6.32. The van der Waals surface area contributed by atoms with Gasteiger partial charge in [-0.1, -0.05) is 12.2 Å². The van der Waals surface area contributed by atoms with E-state index in [0.29, 0.717) is 12.8 Å². The van der Waals surface area contributed by atoms with Gasteiger partial charge in [0.25, 0.3) is 0 Å². The molecule has 1 aliphatic carbocycles. The molecule has 1 saturated carbocycles. The fourth-order valence-electron chi connectivity index (χ4n) is 4.03. The van der Waals surface area contributed by atoms with Crippen LogP contribution < -0.4 is 0 Å². The maximum Gasteiger partial charge on any atom is 0.306 e. The predicted molar refractivity (Wildman–Crippen MR) is 88.8 cm³/mol. The lowest BCUT2D eigenvalue weighted by atomic mass is 9.89. The fraction of sp³-hybridized carbons (Fsp3) is 0.833. The van der Waals surface area contributed by atoms with Crippen molar-refractivity contribution in [1.29, 1.82) is 0 Å². The minimum atomic E-state index is -1.46. The number of aliphatic hydroxyl groups is 4. The number of rotatable bonds is 0. The van der Waals surface area contributed by atoms with Gasteiger partial charge in [0.1, 0.15) is 31.0 Å². The summed E-state index contributed by atoms with van der Waals surface area (Å²) in [6.07, 6.45) is -1.33. The van der Waals surface area contributed by atoms with Crippen LogP contribution in [-0.4, -0.2) is 75.9 Å². The average Bonchev–Trinajstić information content (AvgIpc) is 2.94. The molecule has 9 atom stereocenters. The standard InChI is InChI=1S/C18H28O8/c1-9-3-2-4-11-10(5-6-12(11)19)7-14(20)24-8-13-15(21)16(22)17(23)18(25-9)26-13/h2-3,9-13,15-19,21-23H,4-8H2,1H3. The highest BCUT2D eigenvalue weighted by Gasteiger charge is 2.45. The molecule has 0 amide bonds. The van der Waals surface area contributed by atoms with Crippen LogP contribution in [0.5, 0.6) is 0 Å². The molecule has 4 N–H and O–H groups in total. The summed E-state index contributed by atoms with van der Waals surface area (Å²) in [4.78, 5) is 12.2. The van der Waals surface area contributed by atoms with Crippen molar-refractivity contribution in [3.05, 3.63) is 12.2 Å². The zero-order valence-electron chi connectivity index (χ0n) is 14.8. The summed E-state index contributed by atoms with van der Waals surface area (Å²) < 4.78 is 16.4. The molecule has 0 spiro atoms. The first-order valence-corrected chi connectivity index (χ1v) is 9.22. The van der Waals surface area contributed by atoms with Gasteiger partial charge in [-0.25, -0.2) is 0 Å². The molecule has 0 aromatic heterocycles. The Labute approximate surface area is 152 Å². The minimum Gasteiger partial charge on any atom is -0.463 e. The third-order valence-electron chi connectivity index (χ3n) is 5.60. The predicted octanol–water partition coefficient (Wildman–Crippen LogP) is -0.521. The summed E-state index contributed by atoms with van der Waals surface area (Å²) in [5.74, 6) is -0.404. The van der Waals surface area contributed by atoms with Gasteiger partial charge in [0.05, 0.1) is 12.2 Å². The van der Waals surface area contributed by atoms with Crippen LogP contribution in [0.2, 0.25) is 0 Å². The molecule has 8 nitrogen and oxygen atoms in total. The first-order chi connectivity index (χ1) is 12.4. The van der Waals surface area contributed by atoms with E-state index in [1.807, 2.05) is 6.08 Å². The van der Waals surface area contributed by atoms with Crippen LogP contribution in [0.15, 0.2) is 12.2 Å². The topological polar surface area (TPSA) is 126 Å². The zero-order valence-corrected chi connectivity index (χ0v) is 14.8. The summed E-state index contributed by atoms with van der Waals surface area (Å²) in [5, 5.41) is 40.3. The maximum atomic E-state index is 12.2. The van der Waals surface area contributed by atoms with Crippen molar-refractivity contribution in [3.63, 3.8) is 0 Å². The van der Waals surface area contributed by atoms with E-state index in [1.165, 1.54) is 0 Å². The van der Waals surface area contributed by atoms with Crippen molar-refractivity contribution >= 4 is 5.97 Å². The monoisotopic (exact) mass is 372 g/mol. The van der Waals surface area contributed by atoms with Crippen molar-refractivity contribution in [1.82, 2.24) is 0 Å². The van der Waals surface area contributed by atoms with E-state index < -0.39 is 48.9 Å². The summed E-state index contributed by atoms with van der Waals surface area (Å²) >= 11 is 0. The second kappa shape index (κ2) is 8.33. The van der Waals surface area contributed by atoms with E-state index >= 15 is 0 Å². The molecule has 1 saturated heterocycles. The van der Waals surface area contributed by atoms with Gasteiger partial charge >= 0.3 is 5.97 Å². The number of carbonyl (C=O) groups excluding carboxylic acids is 1. The second-order valence-corrected chi connectivity index (χ2v) is 7.48. The lowest BCUT2D eigenvalue weighted by Gasteiger charge is -2.40. The lowest BCUT2D eigenvalue weighted by molar-refractivity contribution is -0.307. The zero-order chi connectivity index (χ0) is 18.8. The summed E-state index contributed by atoms with van der Waals surface area (Å²) in [5.41, 5.74) is 0. The Balaban J connectivity index is 1.77. The van der Waals surface area contributed by atoms with Gasteiger partial charge in [0, 0.05) is 6.42 Å². The molecule has 2 bridgehead atoms. The van der Waals surface area contributed by atoms with Crippen LogP contribution >= 0.6 is 0 Å². The highest BCUT2D eigenvalue weighted by molar-refractivity contribution is 5.69. The smallest absolute Gasteiger partial charge is 0.306 e. The maximum absolute atomic E-state index is 12.2. The third kappa shape index (κ3) is 4.27. The Morgan fingerprint density at radius 2 is 1.81 bits per heavy atom. The Morgan fingerprint density at radius 1 is 1.04 bits per heavy atom. The number of cyclic esters (lactones) is 1. The molecule has 2 heterocycles. The molecule has 0 aromatic rings. The van der Waals surface area contributed by atoms with E-state index in [1.54, 1.807) is 13.0 Å². The normalized spacial score (nSPS) is 47.7. The molecule has 3 aliphatic rings. The minimum absolute atomic E-state index is 0.0114. The van der Waals surface area contributed by atoms with E-state index in [0.717, 1.165) is 6.42 Å². The van der Waals surface area contributed by atoms with Gasteiger partial charge in [-0.05, 0) is 38.0 Å². The van der Waals surface area contributed by atoms with Gasteiger partial charge < -0.3 is 34.6 Å². The highest BCUT2D eigenvalue weighted by Crippen LogP contribution is 2.37. The van der Waals surface area contributed by atoms with Gasteiger partial charge in [-0.15, -0.1) is 0 Å². The van der Waals surface area contributed by atoms with Gasteiger partial charge in [-0.3, -0.25) is 4.79 Å². The van der Waals surface area contributed by atoms with E-state index in [2.05, 4.69) is 0 Å². The number of ether oxygens (including phenoxy) is 3. The van der Waals surface area contributed by atoms with Crippen LogP contribution in [0.3, 0.4) is 0 Å². The van der Waals surface area contributed by atoms with Crippen molar-refractivity contribution in [3.8, 4) is 0 Å². The Hall–Kier alpha value is -1.03. The number of fused-ring (bicyclic) bond motifs is 3. The van der Waals surface area contributed by atoms with Crippen molar-refractivity contribution in [2.75, 3.05) is 6.61 Å². The quantitative estimate of drug-likeness (QED) is 0.331. The lowest BCUT2D eigenvalue weighted by Crippen LogP contribution is -2.59. The molecular weight excluding hydrogens is 344 g/mol.